The van der Waals surface area contributed by atoms with E-state index in [1.54, 1.807) is 0 Å². The van der Waals surface area contributed by atoms with Crippen LogP contribution in [0.25, 0.3) is 0 Å². The van der Waals surface area contributed by atoms with Crippen molar-refractivity contribution >= 4 is 5.97 Å². The van der Waals surface area contributed by atoms with Gasteiger partial charge in [0.15, 0.2) is 0 Å². The van der Waals surface area contributed by atoms with Gasteiger partial charge in [0.2, 0.25) is 0 Å². The Morgan fingerprint density at radius 1 is 0.500 bits per heavy atom. The maximum Gasteiger partial charge on any atom is 0.303 e. The molecule has 2 nitrogen and oxygen atoms in total. The van der Waals surface area contributed by atoms with Crippen molar-refractivity contribution in [1.82, 2.24) is 0 Å². The topological polar surface area (TPSA) is 37.3 Å². The molecule has 0 bridgehead atoms. The van der Waals surface area contributed by atoms with Gasteiger partial charge < -0.3 is 5.11 Å². The van der Waals surface area contributed by atoms with E-state index >= 15 is 0 Å². The van der Waals surface area contributed by atoms with Crippen molar-refractivity contribution in [2.75, 3.05) is 0 Å². The third-order valence-corrected chi connectivity index (χ3v) is 5.48. The Labute approximate surface area is 187 Å². The third-order valence-electron chi connectivity index (χ3n) is 5.48. The Hall–Kier alpha value is -1.31. The van der Waals surface area contributed by atoms with Crippen LogP contribution in [0.4, 0.5) is 0 Å². The van der Waals surface area contributed by atoms with E-state index in [9.17, 15) is 4.79 Å². The summed E-state index contributed by atoms with van der Waals surface area (Å²) in [4.78, 5) is 10.4. The predicted molar refractivity (Wildman–Crippen MR) is 133 cm³/mol. The van der Waals surface area contributed by atoms with Crippen LogP contribution in [0.5, 0.6) is 0 Å². The number of hydrogen-bond donors (Lipinski definition) is 1. The third kappa shape index (κ3) is 26.7. The van der Waals surface area contributed by atoms with Gasteiger partial charge in [-0.2, -0.15) is 0 Å². The molecule has 0 amide bonds. The second-order valence-electron chi connectivity index (χ2n) is 8.53. The van der Waals surface area contributed by atoms with E-state index in [4.69, 9.17) is 5.11 Å². The molecule has 0 aromatic heterocycles. The van der Waals surface area contributed by atoms with E-state index in [-0.39, 0.29) is 6.42 Å². The highest BCUT2D eigenvalue weighted by Gasteiger charge is 1.93. The molecule has 1 N–H and O–H groups in total. The number of allylic oxidation sites excluding steroid dienone is 6. The van der Waals surface area contributed by atoms with Crippen LogP contribution in [-0.2, 0) is 4.79 Å². The van der Waals surface area contributed by atoms with Crippen LogP contribution < -0.4 is 0 Å². The second kappa shape index (κ2) is 25.7. The Morgan fingerprint density at radius 2 is 0.833 bits per heavy atom. The summed E-state index contributed by atoms with van der Waals surface area (Å²) < 4.78 is 0. The van der Waals surface area contributed by atoms with Gasteiger partial charge in [-0.1, -0.05) is 101 Å². The first-order valence-corrected chi connectivity index (χ1v) is 12.9. The first-order chi connectivity index (χ1) is 14.8. The van der Waals surface area contributed by atoms with Crippen molar-refractivity contribution in [3.8, 4) is 0 Å². The molecule has 2 heteroatoms. The molecule has 0 unspecified atom stereocenters. The standard InChI is InChI=1S/C28H50O2/c1-2-3-4-5-6-7-8-9-10-11-12-13-14-15-16-17-18-19-20-21-22-23-24-25-26-27-28(29)30/h7-8,19-20,23-24H,2-6,9-18,21-22,25-27H2,1H3,(H,29,30). The molecular formula is C28H50O2. The normalized spacial score (nSPS) is 12.0. The smallest absolute Gasteiger partial charge is 0.303 e. The van der Waals surface area contributed by atoms with Crippen molar-refractivity contribution in [2.24, 2.45) is 0 Å². The van der Waals surface area contributed by atoms with E-state index < -0.39 is 5.97 Å². The summed E-state index contributed by atoms with van der Waals surface area (Å²) in [6.07, 6.45) is 38.1. The SMILES string of the molecule is CCCCCCC=CCCCCCCCCCCC=CCCC=CCCCC(=O)O. The van der Waals surface area contributed by atoms with Gasteiger partial charge in [0, 0.05) is 6.42 Å². The zero-order valence-electron chi connectivity index (χ0n) is 20.0. The maximum atomic E-state index is 10.4. The number of unbranched alkanes of at least 4 members (excludes halogenated alkanes) is 15. The van der Waals surface area contributed by atoms with Crippen molar-refractivity contribution in [2.45, 2.75) is 135 Å². The quantitative estimate of drug-likeness (QED) is 0.132. The summed E-state index contributed by atoms with van der Waals surface area (Å²) in [7, 11) is 0. The molecule has 0 aliphatic carbocycles. The van der Waals surface area contributed by atoms with Crippen molar-refractivity contribution < 1.29 is 9.90 Å². The van der Waals surface area contributed by atoms with Gasteiger partial charge in [-0.05, 0) is 64.2 Å². The van der Waals surface area contributed by atoms with Crippen LogP contribution in [-0.4, -0.2) is 11.1 Å². The lowest BCUT2D eigenvalue weighted by molar-refractivity contribution is -0.137. The second-order valence-corrected chi connectivity index (χ2v) is 8.53. The first-order valence-electron chi connectivity index (χ1n) is 12.9. The number of carboxylic acid groups (broad SMARTS) is 1. The molecule has 0 heterocycles. The predicted octanol–water partition coefficient (Wildman–Crippen LogP) is 9.56. The van der Waals surface area contributed by atoms with Gasteiger partial charge in [0.1, 0.15) is 0 Å². The number of hydrogen-bond acceptors (Lipinski definition) is 1. The Kier molecular flexibility index (Phi) is 24.6. The summed E-state index contributed by atoms with van der Waals surface area (Å²) in [5.41, 5.74) is 0. The summed E-state index contributed by atoms with van der Waals surface area (Å²) >= 11 is 0. The van der Waals surface area contributed by atoms with Gasteiger partial charge in [-0.15, -0.1) is 0 Å². The molecule has 0 aromatic rings. The lowest BCUT2D eigenvalue weighted by Crippen LogP contribution is -1.92. The largest absolute Gasteiger partial charge is 0.481 e. The Morgan fingerprint density at radius 3 is 1.23 bits per heavy atom. The van der Waals surface area contributed by atoms with Gasteiger partial charge in [-0.25, -0.2) is 0 Å². The van der Waals surface area contributed by atoms with Gasteiger partial charge in [-0.3, -0.25) is 4.79 Å². The van der Waals surface area contributed by atoms with E-state index in [1.807, 2.05) is 0 Å². The van der Waals surface area contributed by atoms with Crippen LogP contribution in [0.1, 0.15) is 135 Å². The molecule has 0 spiro atoms. The van der Waals surface area contributed by atoms with Crippen molar-refractivity contribution in [1.29, 1.82) is 0 Å². The summed E-state index contributed by atoms with van der Waals surface area (Å²) in [6, 6.07) is 0. The summed E-state index contributed by atoms with van der Waals surface area (Å²) in [5.74, 6) is -0.696. The lowest BCUT2D eigenvalue weighted by atomic mass is 10.1. The molecule has 0 aliphatic rings. The fourth-order valence-corrected chi connectivity index (χ4v) is 3.54. The molecule has 0 rings (SSSR count). The summed E-state index contributed by atoms with van der Waals surface area (Å²) in [6.45, 7) is 2.27. The van der Waals surface area contributed by atoms with Gasteiger partial charge in [0.05, 0.1) is 0 Å². The fraction of sp³-hybridized carbons (Fsp3) is 0.750. The molecule has 0 aromatic carbocycles. The zero-order valence-corrected chi connectivity index (χ0v) is 20.0. The zero-order chi connectivity index (χ0) is 22.0. The van der Waals surface area contributed by atoms with Crippen molar-refractivity contribution in [3.05, 3.63) is 36.5 Å². The van der Waals surface area contributed by atoms with Crippen LogP contribution >= 0.6 is 0 Å². The molecule has 0 saturated heterocycles. The molecule has 30 heavy (non-hydrogen) atoms. The first kappa shape index (κ1) is 28.7. The average Bonchev–Trinajstić information content (AvgIpc) is 2.73. The maximum absolute atomic E-state index is 10.4. The number of aliphatic carboxylic acids is 1. The van der Waals surface area contributed by atoms with E-state index in [0.29, 0.717) is 0 Å². The highest BCUT2D eigenvalue weighted by atomic mass is 16.4. The monoisotopic (exact) mass is 418 g/mol. The van der Waals surface area contributed by atoms with Crippen molar-refractivity contribution in [3.63, 3.8) is 0 Å². The average molecular weight is 419 g/mol. The van der Waals surface area contributed by atoms with E-state index in [1.165, 1.54) is 96.3 Å². The van der Waals surface area contributed by atoms with Crippen LogP contribution in [0.2, 0.25) is 0 Å². The number of carboxylic acids is 1. The van der Waals surface area contributed by atoms with Gasteiger partial charge in [0.25, 0.3) is 0 Å². The molecular weight excluding hydrogens is 368 g/mol. The molecule has 0 atom stereocenters. The molecule has 0 radical (unpaired) electrons. The van der Waals surface area contributed by atoms with Crippen LogP contribution in [0.15, 0.2) is 36.5 Å². The molecule has 0 fully saturated rings. The fourth-order valence-electron chi connectivity index (χ4n) is 3.54. The minimum atomic E-state index is -0.696. The molecule has 0 aliphatic heterocycles. The minimum absolute atomic E-state index is 0.279. The number of rotatable bonds is 23. The van der Waals surface area contributed by atoms with E-state index in [0.717, 1.165) is 25.7 Å². The molecule has 0 saturated carbocycles. The highest BCUT2D eigenvalue weighted by molar-refractivity contribution is 5.66. The molecule has 174 valence electrons. The Balaban J connectivity index is 3.18. The highest BCUT2D eigenvalue weighted by Crippen LogP contribution is 2.12. The van der Waals surface area contributed by atoms with Crippen LogP contribution in [0.3, 0.4) is 0 Å². The van der Waals surface area contributed by atoms with Gasteiger partial charge >= 0.3 is 5.97 Å². The van der Waals surface area contributed by atoms with E-state index in [2.05, 4.69) is 43.4 Å². The minimum Gasteiger partial charge on any atom is -0.481 e. The van der Waals surface area contributed by atoms with Crippen LogP contribution in [0, 0.1) is 0 Å². The lowest BCUT2D eigenvalue weighted by Gasteiger charge is -2.01. The number of carbonyl (C=O) groups is 1. The Bertz CT molecular complexity index is 434. The summed E-state index contributed by atoms with van der Waals surface area (Å²) in [5, 5.41) is 8.56.